The second-order valence-electron chi connectivity index (χ2n) is 2.60. The topological polar surface area (TPSA) is 55.5 Å². The molecule has 0 aliphatic rings. The molecule has 3 nitrogen and oxygen atoms in total. The highest BCUT2D eigenvalue weighted by Gasteiger charge is 2.04. The normalized spacial score (nSPS) is 14.1. The van der Waals surface area contributed by atoms with Gasteiger partial charge in [-0.05, 0) is 19.9 Å². The molecule has 0 saturated carbocycles. The van der Waals surface area contributed by atoms with Crippen LogP contribution in [0.1, 0.15) is 27.7 Å². The Labute approximate surface area is 91.4 Å². The predicted molar refractivity (Wildman–Crippen MR) is 61.0 cm³/mol. The summed E-state index contributed by atoms with van der Waals surface area (Å²) in [5.74, 6) is -0.280. The second-order valence-corrected chi connectivity index (χ2v) is 2.60. The third-order valence-electron chi connectivity index (χ3n) is 1.36. The lowest BCUT2D eigenvalue weighted by atomic mass is 10.3. The van der Waals surface area contributed by atoms with Gasteiger partial charge in [0.15, 0.2) is 0 Å². The highest BCUT2D eigenvalue weighted by atomic mass is 19.1. The van der Waals surface area contributed by atoms with E-state index in [4.69, 9.17) is 15.6 Å². The summed E-state index contributed by atoms with van der Waals surface area (Å²) < 4.78 is 17.7. The maximum Gasteiger partial charge on any atom is 0.150 e. The average Bonchev–Trinajstić information content (AvgIpc) is 2.26. The van der Waals surface area contributed by atoms with Crippen LogP contribution in [0.15, 0.2) is 23.7 Å². The summed E-state index contributed by atoms with van der Waals surface area (Å²) in [5, 5.41) is 9.04. The lowest BCUT2D eigenvalue weighted by molar-refractivity contribution is 0.0786. The fourth-order valence-electron chi connectivity index (χ4n) is 0.668. The molecule has 0 aliphatic carbocycles. The fourth-order valence-corrected chi connectivity index (χ4v) is 0.668. The quantitative estimate of drug-likeness (QED) is 0.550. The summed E-state index contributed by atoms with van der Waals surface area (Å²) in [6.07, 6.45) is 2.41. The zero-order valence-electron chi connectivity index (χ0n) is 9.96. The van der Waals surface area contributed by atoms with Crippen LogP contribution < -0.4 is 5.73 Å². The van der Waals surface area contributed by atoms with Crippen molar-refractivity contribution in [2.24, 2.45) is 5.73 Å². The van der Waals surface area contributed by atoms with Crippen molar-refractivity contribution in [3.05, 3.63) is 23.7 Å². The van der Waals surface area contributed by atoms with Crippen LogP contribution in [0.2, 0.25) is 0 Å². The maximum atomic E-state index is 12.7. The Morgan fingerprint density at radius 3 is 2.40 bits per heavy atom. The van der Waals surface area contributed by atoms with Crippen molar-refractivity contribution >= 4 is 0 Å². The van der Waals surface area contributed by atoms with Gasteiger partial charge >= 0.3 is 0 Å². The highest BCUT2D eigenvalue weighted by molar-refractivity contribution is 5.13. The monoisotopic (exact) mass is 219 g/mol. The van der Waals surface area contributed by atoms with E-state index >= 15 is 0 Å². The number of aliphatic hydroxyl groups excluding tert-OH is 1. The van der Waals surface area contributed by atoms with E-state index in [0.29, 0.717) is 0 Å². The van der Waals surface area contributed by atoms with Gasteiger partial charge in [0.2, 0.25) is 0 Å². The van der Waals surface area contributed by atoms with E-state index in [1.165, 1.54) is 13.0 Å². The molecule has 90 valence electrons. The summed E-state index contributed by atoms with van der Waals surface area (Å²) in [4.78, 5) is 0. The molecule has 1 unspecified atom stereocenters. The molecule has 0 aromatic rings. The second kappa shape index (κ2) is 11.2. The molecule has 0 aliphatic heterocycles. The number of allylic oxidation sites excluding steroid dienone is 3. The molecule has 0 amide bonds. The molecule has 0 heterocycles. The van der Waals surface area contributed by atoms with Crippen molar-refractivity contribution in [2.45, 2.75) is 33.8 Å². The molecule has 0 bridgehead atoms. The minimum atomic E-state index is -0.750. The van der Waals surface area contributed by atoms with Gasteiger partial charge in [0.25, 0.3) is 0 Å². The highest BCUT2D eigenvalue weighted by Crippen LogP contribution is 2.09. The largest absolute Gasteiger partial charge is 0.488 e. The van der Waals surface area contributed by atoms with Crippen LogP contribution >= 0.6 is 0 Å². The van der Waals surface area contributed by atoms with Crippen LogP contribution in [0.25, 0.3) is 0 Å². The average molecular weight is 219 g/mol. The third-order valence-corrected chi connectivity index (χ3v) is 1.36. The third kappa shape index (κ3) is 9.43. The van der Waals surface area contributed by atoms with E-state index in [0.717, 1.165) is 0 Å². The summed E-state index contributed by atoms with van der Waals surface area (Å²) in [5.41, 5.74) is 5.15. The van der Waals surface area contributed by atoms with E-state index in [1.807, 2.05) is 13.8 Å². The molecule has 1 atom stereocenters. The minimum Gasteiger partial charge on any atom is -0.488 e. The molecular formula is C11H22FNO2. The number of aliphatic hydroxyl groups is 1. The smallest absolute Gasteiger partial charge is 0.150 e. The van der Waals surface area contributed by atoms with E-state index in [1.54, 1.807) is 13.0 Å². The van der Waals surface area contributed by atoms with Crippen molar-refractivity contribution < 1.29 is 14.2 Å². The molecule has 0 radical (unpaired) electrons. The van der Waals surface area contributed by atoms with Crippen molar-refractivity contribution in [3.8, 4) is 0 Å². The van der Waals surface area contributed by atoms with E-state index in [-0.39, 0.29) is 18.9 Å². The van der Waals surface area contributed by atoms with Gasteiger partial charge in [0, 0.05) is 6.54 Å². The van der Waals surface area contributed by atoms with Gasteiger partial charge < -0.3 is 15.6 Å². The van der Waals surface area contributed by atoms with Crippen molar-refractivity contribution in [1.29, 1.82) is 0 Å². The number of ether oxygens (including phenoxy) is 1. The standard InChI is InChI=1S/C9H16FNO2.C2H6/c1-3-4-9(7(2)10)13-6-8(12)5-11;1-2/h3-4,8,12H,5-6,11H2,1-2H3;1-2H3/b4-3-,9-7-;. The van der Waals surface area contributed by atoms with Gasteiger partial charge in [-0.3, -0.25) is 0 Å². The summed E-state index contributed by atoms with van der Waals surface area (Å²) in [7, 11) is 0. The Bertz CT molecular complexity index is 199. The van der Waals surface area contributed by atoms with Gasteiger partial charge in [0.05, 0.1) is 0 Å². The molecule has 0 fully saturated rings. The van der Waals surface area contributed by atoms with Crippen LogP contribution in [-0.4, -0.2) is 24.4 Å². The maximum absolute atomic E-state index is 12.7. The Kier molecular flexibility index (Phi) is 12.4. The Morgan fingerprint density at radius 1 is 1.53 bits per heavy atom. The molecule has 0 aromatic carbocycles. The van der Waals surface area contributed by atoms with Gasteiger partial charge in [-0.1, -0.05) is 19.9 Å². The van der Waals surface area contributed by atoms with Gasteiger partial charge in [-0.15, -0.1) is 0 Å². The van der Waals surface area contributed by atoms with Gasteiger partial charge in [-0.2, -0.15) is 0 Å². The Morgan fingerprint density at radius 2 is 2.07 bits per heavy atom. The molecule has 3 N–H and O–H groups in total. The lowest BCUT2D eigenvalue weighted by Crippen LogP contribution is -2.24. The zero-order valence-corrected chi connectivity index (χ0v) is 9.96. The molecule has 0 aromatic heterocycles. The molecule has 15 heavy (non-hydrogen) atoms. The first-order chi connectivity index (χ1) is 7.11. The fraction of sp³-hybridized carbons (Fsp3) is 0.636. The Balaban J connectivity index is 0. The van der Waals surface area contributed by atoms with Crippen molar-refractivity contribution in [3.63, 3.8) is 0 Å². The summed E-state index contributed by atoms with van der Waals surface area (Å²) in [6, 6.07) is 0. The van der Waals surface area contributed by atoms with E-state index < -0.39 is 11.9 Å². The van der Waals surface area contributed by atoms with E-state index in [2.05, 4.69) is 0 Å². The SMILES string of the molecule is C/C=C\C(OCC(O)CN)=C(/C)F.CC. The molecule has 0 spiro atoms. The molecule has 0 saturated heterocycles. The predicted octanol–water partition coefficient (Wildman–Crippen LogP) is 2.13. The van der Waals surface area contributed by atoms with Crippen LogP contribution in [0, 0.1) is 0 Å². The van der Waals surface area contributed by atoms with Crippen molar-refractivity contribution in [2.75, 3.05) is 13.2 Å². The van der Waals surface area contributed by atoms with Crippen LogP contribution in [0.4, 0.5) is 4.39 Å². The van der Waals surface area contributed by atoms with Crippen molar-refractivity contribution in [1.82, 2.24) is 0 Å². The number of rotatable bonds is 5. The summed E-state index contributed by atoms with van der Waals surface area (Å²) >= 11 is 0. The zero-order chi connectivity index (χ0) is 12.3. The van der Waals surface area contributed by atoms with Gasteiger partial charge in [-0.25, -0.2) is 4.39 Å². The number of nitrogens with two attached hydrogens (primary N) is 1. The number of halogens is 1. The first-order valence-corrected chi connectivity index (χ1v) is 5.11. The van der Waals surface area contributed by atoms with Crippen LogP contribution in [0.5, 0.6) is 0 Å². The van der Waals surface area contributed by atoms with Crippen LogP contribution in [0.3, 0.4) is 0 Å². The van der Waals surface area contributed by atoms with Crippen LogP contribution in [-0.2, 0) is 4.74 Å². The molecule has 4 heteroatoms. The minimum absolute atomic E-state index is 0.0113. The Hall–Kier alpha value is -0.870. The molecular weight excluding hydrogens is 197 g/mol. The lowest BCUT2D eigenvalue weighted by Gasteiger charge is -2.10. The number of hydrogen-bond donors (Lipinski definition) is 2. The van der Waals surface area contributed by atoms with Gasteiger partial charge in [0.1, 0.15) is 24.3 Å². The summed E-state index contributed by atoms with van der Waals surface area (Å²) in [6.45, 7) is 7.17. The first-order valence-electron chi connectivity index (χ1n) is 5.11. The molecule has 0 rings (SSSR count). The first kappa shape index (κ1) is 16.6. The number of hydrogen-bond acceptors (Lipinski definition) is 3. The van der Waals surface area contributed by atoms with E-state index in [9.17, 15) is 4.39 Å².